The van der Waals surface area contributed by atoms with Gasteiger partial charge >= 0.3 is 0 Å². The summed E-state index contributed by atoms with van der Waals surface area (Å²) in [7, 11) is 3.47. The molecule has 1 aromatic heterocycles. The molecule has 1 aromatic carbocycles. The van der Waals surface area contributed by atoms with E-state index in [4.69, 9.17) is 4.74 Å². The average molecular weight is 545 g/mol. The molecule has 166 valence electrons. The molecule has 0 aliphatic rings. The average Bonchev–Trinajstić information content (AvgIpc) is 3.23. The first-order valence-electron chi connectivity index (χ1n) is 9.91. The zero-order chi connectivity index (χ0) is 20.9. The summed E-state index contributed by atoms with van der Waals surface area (Å²) < 4.78 is 5.81. The third kappa shape index (κ3) is 10.9. The van der Waals surface area contributed by atoms with Crippen LogP contribution in [0, 0.1) is 5.92 Å². The number of aliphatic imine (C=N–C) groups is 1. The maximum absolute atomic E-state index is 11.9. The number of hydrogen-bond donors (Lipinski definition) is 2. The molecule has 2 rings (SSSR count). The molecule has 2 N–H and O–H groups in total. The summed E-state index contributed by atoms with van der Waals surface area (Å²) in [6.45, 7) is 5.01. The molecular weight excluding hydrogens is 511 g/mol. The van der Waals surface area contributed by atoms with Crippen molar-refractivity contribution in [1.82, 2.24) is 15.5 Å². The zero-order valence-electron chi connectivity index (χ0n) is 18.0. The van der Waals surface area contributed by atoms with Crippen LogP contribution in [0.3, 0.4) is 0 Å². The number of carbonyl (C=O) groups is 1. The van der Waals surface area contributed by atoms with E-state index in [9.17, 15) is 4.79 Å². The Bertz CT molecular complexity index is 739. The lowest BCUT2D eigenvalue weighted by Gasteiger charge is -2.17. The van der Waals surface area contributed by atoms with Gasteiger partial charge in [-0.05, 0) is 29.3 Å². The predicted molar refractivity (Wildman–Crippen MR) is 136 cm³/mol. The van der Waals surface area contributed by atoms with E-state index < -0.39 is 0 Å². The van der Waals surface area contributed by atoms with Crippen LogP contribution in [0.1, 0.15) is 17.4 Å². The van der Waals surface area contributed by atoms with E-state index in [0.717, 1.165) is 19.5 Å². The number of amides is 1. The molecule has 0 saturated heterocycles. The number of likely N-dealkylation sites (N-methyl/N-ethyl adjacent to an activating group) is 1. The second kappa shape index (κ2) is 15.2. The lowest BCUT2D eigenvalue weighted by molar-refractivity contribution is -0.127. The van der Waals surface area contributed by atoms with Crippen LogP contribution in [0.2, 0.25) is 0 Å². The molecule has 0 aliphatic heterocycles. The smallest absolute Gasteiger partial charge is 0.243 e. The summed E-state index contributed by atoms with van der Waals surface area (Å²) in [4.78, 5) is 19.2. The molecule has 2 aromatic rings. The standard InChI is InChI=1S/C22H32N4O2S.HI/c1-18(16-28-17-19-8-5-4-6-9-19)14-24-22(25-15-21(27)26(2)3)23-12-11-20-10-7-13-29-20;/h4-10,13,18H,11-12,14-17H2,1-3H3,(H2,23,24,25);1H. The van der Waals surface area contributed by atoms with E-state index in [1.807, 2.05) is 18.2 Å². The Labute approximate surface area is 201 Å². The van der Waals surface area contributed by atoms with Crippen LogP contribution in [0.4, 0.5) is 0 Å². The Balaban J connectivity index is 0.00000450. The summed E-state index contributed by atoms with van der Waals surface area (Å²) in [6.07, 6.45) is 0.926. The van der Waals surface area contributed by atoms with Gasteiger partial charge < -0.3 is 20.3 Å². The number of hydrogen-bond acceptors (Lipinski definition) is 4. The van der Waals surface area contributed by atoms with Gasteiger partial charge in [-0.2, -0.15) is 0 Å². The van der Waals surface area contributed by atoms with Gasteiger partial charge in [0.15, 0.2) is 5.96 Å². The monoisotopic (exact) mass is 544 g/mol. The van der Waals surface area contributed by atoms with Gasteiger partial charge in [0.1, 0.15) is 6.54 Å². The van der Waals surface area contributed by atoms with E-state index in [1.54, 1.807) is 30.3 Å². The minimum Gasteiger partial charge on any atom is -0.376 e. The van der Waals surface area contributed by atoms with Gasteiger partial charge in [-0.25, -0.2) is 4.99 Å². The molecule has 0 bridgehead atoms. The third-order valence-corrected chi connectivity index (χ3v) is 5.18. The first-order chi connectivity index (χ1) is 14.0. The van der Waals surface area contributed by atoms with E-state index in [1.165, 1.54) is 10.4 Å². The topological polar surface area (TPSA) is 66.0 Å². The highest BCUT2D eigenvalue weighted by molar-refractivity contribution is 14.0. The van der Waals surface area contributed by atoms with Crippen molar-refractivity contribution in [3.63, 3.8) is 0 Å². The summed E-state index contributed by atoms with van der Waals surface area (Å²) >= 11 is 1.74. The van der Waals surface area contributed by atoms with Crippen molar-refractivity contribution in [1.29, 1.82) is 0 Å². The van der Waals surface area contributed by atoms with Crippen LogP contribution in [0.5, 0.6) is 0 Å². The summed E-state index contributed by atoms with van der Waals surface area (Å²) in [6, 6.07) is 14.3. The fourth-order valence-corrected chi connectivity index (χ4v) is 3.21. The van der Waals surface area contributed by atoms with Gasteiger partial charge in [0, 0.05) is 32.1 Å². The van der Waals surface area contributed by atoms with Gasteiger partial charge in [0.2, 0.25) is 5.91 Å². The lowest BCUT2D eigenvalue weighted by atomic mass is 10.2. The van der Waals surface area contributed by atoms with E-state index in [0.29, 0.717) is 25.1 Å². The zero-order valence-corrected chi connectivity index (χ0v) is 21.1. The lowest BCUT2D eigenvalue weighted by Crippen LogP contribution is -2.41. The number of ether oxygens (including phenoxy) is 1. The van der Waals surface area contributed by atoms with Crippen molar-refractivity contribution in [3.05, 3.63) is 58.3 Å². The highest BCUT2D eigenvalue weighted by Crippen LogP contribution is 2.08. The number of rotatable bonds is 11. The maximum atomic E-state index is 11.9. The molecule has 1 atom stereocenters. The Kier molecular flexibility index (Phi) is 13.4. The molecule has 0 radical (unpaired) electrons. The second-order valence-corrected chi connectivity index (χ2v) is 8.23. The molecule has 1 unspecified atom stereocenters. The minimum atomic E-state index is -0.0244. The molecule has 0 saturated carbocycles. The van der Waals surface area contributed by atoms with Crippen molar-refractivity contribution < 1.29 is 9.53 Å². The van der Waals surface area contributed by atoms with Gasteiger partial charge in [-0.3, -0.25) is 4.79 Å². The van der Waals surface area contributed by atoms with Crippen LogP contribution in [-0.4, -0.2) is 57.1 Å². The molecule has 0 aliphatic carbocycles. The summed E-state index contributed by atoms with van der Waals surface area (Å²) in [5.74, 6) is 0.947. The number of guanidine groups is 1. The van der Waals surface area contributed by atoms with Crippen molar-refractivity contribution >= 4 is 47.2 Å². The molecule has 8 heteroatoms. The summed E-state index contributed by atoms with van der Waals surface area (Å²) in [5, 5.41) is 8.74. The van der Waals surface area contributed by atoms with Crippen molar-refractivity contribution in [2.24, 2.45) is 10.9 Å². The van der Waals surface area contributed by atoms with Crippen LogP contribution in [0.15, 0.2) is 52.8 Å². The molecule has 1 heterocycles. The molecule has 1 amide bonds. The van der Waals surface area contributed by atoms with Crippen LogP contribution in [-0.2, 0) is 22.6 Å². The van der Waals surface area contributed by atoms with Gasteiger partial charge in [-0.1, -0.05) is 43.3 Å². The Morgan fingerprint density at radius 3 is 2.60 bits per heavy atom. The van der Waals surface area contributed by atoms with E-state index >= 15 is 0 Å². The van der Waals surface area contributed by atoms with Crippen molar-refractivity contribution in [3.8, 4) is 0 Å². The van der Waals surface area contributed by atoms with E-state index in [-0.39, 0.29) is 36.4 Å². The van der Waals surface area contributed by atoms with E-state index in [2.05, 4.69) is 52.2 Å². The van der Waals surface area contributed by atoms with Gasteiger partial charge in [0.05, 0.1) is 13.2 Å². The fraction of sp³-hybridized carbons (Fsp3) is 0.455. The number of nitrogens with one attached hydrogen (secondary N) is 2. The number of carbonyl (C=O) groups excluding carboxylic acids is 1. The van der Waals surface area contributed by atoms with Gasteiger partial charge in [-0.15, -0.1) is 35.3 Å². The van der Waals surface area contributed by atoms with Crippen molar-refractivity contribution in [2.45, 2.75) is 20.0 Å². The predicted octanol–water partition coefficient (Wildman–Crippen LogP) is 3.38. The second-order valence-electron chi connectivity index (χ2n) is 7.20. The molecule has 30 heavy (non-hydrogen) atoms. The Morgan fingerprint density at radius 1 is 1.17 bits per heavy atom. The van der Waals surface area contributed by atoms with Crippen LogP contribution < -0.4 is 10.6 Å². The molecule has 6 nitrogen and oxygen atoms in total. The Morgan fingerprint density at radius 2 is 1.93 bits per heavy atom. The molecule has 0 fully saturated rings. The van der Waals surface area contributed by atoms with Crippen LogP contribution >= 0.6 is 35.3 Å². The maximum Gasteiger partial charge on any atom is 0.243 e. The highest BCUT2D eigenvalue weighted by atomic mass is 127. The highest BCUT2D eigenvalue weighted by Gasteiger charge is 2.07. The first-order valence-corrected chi connectivity index (χ1v) is 10.8. The number of halogens is 1. The normalized spacial score (nSPS) is 12.0. The number of benzene rings is 1. The summed E-state index contributed by atoms with van der Waals surface area (Å²) in [5.41, 5.74) is 1.17. The number of nitrogens with zero attached hydrogens (tertiary/aromatic N) is 2. The largest absolute Gasteiger partial charge is 0.376 e. The Hall–Kier alpha value is -1.65. The van der Waals surface area contributed by atoms with Crippen molar-refractivity contribution in [2.75, 3.05) is 40.3 Å². The SMILES string of the molecule is CC(CNC(=NCC(=O)N(C)C)NCCc1cccs1)COCc1ccccc1.I. The number of thiophene rings is 1. The third-order valence-electron chi connectivity index (χ3n) is 4.25. The van der Waals surface area contributed by atoms with Gasteiger partial charge in [0.25, 0.3) is 0 Å². The molecular formula is C22H33IN4O2S. The fourth-order valence-electron chi connectivity index (χ4n) is 2.50. The molecule has 0 spiro atoms. The van der Waals surface area contributed by atoms with Crippen LogP contribution in [0.25, 0.3) is 0 Å². The minimum absolute atomic E-state index is 0. The quantitative estimate of drug-likeness (QED) is 0.259. The first kappa shape index (κ1) is 26.4.